The van der Waals surface area contributed by atoms with Crippen molar-refractivity contribution in [3.63, 3.8) is 0 Å². The zero-order valence-electron chi connectivity index (χ0n) is 5.54. The number of nitrogens with zero attached hydrogens (tertiary/aromatic N) is 1. The summed E-state index contributed by atoms with van der Waals surface area (Å²) in [7, 11) is 0. The van der Waals surface area contributed by atoms with Crippen molar-refractivity contribution >= 4 is 5.52 Å². The molecule has 3 nitrogen and oxygen atoms in total. The molecule has 0 radical (unpaired) electrons. The predicted molar refractivity (Wildman–Crippen MR) is 38.0 cm³/mol. The van der Waals surface area contributed by atoms with Gasteiger partial charge in [0.25, 0.3) is 0 Å². The van der Waals surface area contributed by atoms with Crippen molar-refractivity contribution in [2.75, 3.05) is 0 Å². The van der Waals surface area contributed by atoms with E-state index in [1.54, 1.807) is 0 Å². The quantitative estimate of drug-likeness (QED) is 0.594. The fourth-order valence-electron chi connectivity index (χ4n) is 1.01. The smallest absolute Gasteiger partial charge is 0.205 e. The Balaban J connectivity index is 3.02. The van der Waals surface area contributed by atoms with E-state index in [1.807, 2.05) is 0 Å². The van der Waals surface area contributed by atoms with E-state index in [0.29, 0.717) is 5.52 Å². The van der Waals surface area contributed by atoms with Gasteiger partial charge in [-0.1, -0.05) is 0 Å². The zero-order chi connectivity index (χ0) is 7.84. The number of H-pyrrole nitrogens is 1. The molecule has 2 aromatic heterocycles. The minimum Gasteiger partial charge on any atom is -0.301 e. The number of halogens is 1. The molecule has 0 saturated carbocycles. The van der Waals surface area contributed by atoms with Crippen molar-refractivity contribution in [2.45, 2.75) is 0 Å². The van der Waals surface area contributed by atoms with Gasteiger partial charge in [0, 0.05) is 18.3 Å². The second-order valence-corrected chi connectivity index (χ2v) is 2.24. The lowest BCUT2D eigenvalue weighted by Crippen LogP contribution is -2.03. The highest BCUT2D eigenvalue weighted by molar-refractivity contribution is 5.45. The second kappa shape index (κ2) is 1.95. The maximum atomic E-state index is 12.5. The Morgan fingerprint density at radius 3 is 3.09 bits per heavy atom. The fourth-order valence-corrected chi connectivity index (χ4v) is 1.01. The molecule has 56 valence electrons. The van der Waals surface area contributed by atoms with E-state index < -0.39 is 5.82 Å². The topological polar surface area (TPSA) is 37.3 Å². The van der Waals surface area contributed by atoms with Crippen molar-refractivity contribution in [1.29, 1.82) is 0 Å². The number of rotatable bonds is 0. The predicted octanol–water partition coefficient (Wildman–Crippen LogP) is 0.767. The van der Waals surface area contributed by atoms with Crippen molar-refractivity contribution in [1.82, 2.24) is 9.61 Å². The molecule has 2 aromatic rings. The van der Waals surface area contributed by atoms with Crippen LogP contribution in [0.25, 0.3) is 5.52 Å². The molecule has 0 aliphatic heterocycles. The van der Waals surface area contributed by atoms with Gasteiger partial charge in [-0.3, -0.25) is 9.31 Å². The largest absolute Gasteiger partial charge is 0.301 e. The van der Waals surface area contributed by atoms with E-state index >= 15 is 0 Å². The van der Waals surface area contributed by atoms with Crippen LogP contribution >= 0.6 is 0 Å². The Bertz CT molecular complexity index is 443. The van der Waals surface area contributed by atoms with Gasteiger partial charge in [0.15, 0.2) is 0 Å². The molecule has 0 unspecified atom stereocenters. The summed E-state index contributed by atoms with van der Waals surface area (Å²) < 4.78 is 13.9. The fraction of sp³-hybridized carbons (Fsp3) is 0. The van der Waals surface area contributed by atoms with Crippen LogP contribution in [0, 0.1) is 5.82 Å². The van der Waals surface area contributed by atoms with Crippen molar-refractivity contribution in [3.05, 3.63) is 40.6 Å². The molecule has 2 rings (SSSR count). The molecule has 0 aromatic carbocycles. The molecule has 1 N–H and O–H groups in total. The molecule has 0 spiro atoms. The third kappa shape index (κ3) is 0.832. The Morgan fingerprint density at radius 1 is 1.55 bits per heavy atom. The third-order valence-corrected chi connectivity index (χ3v) is 1.49. The molecule has 0 amide bonds. The van der Waals surface area contributed by atoms with Gasteiger partial charge in [-0.05, 0) is 0 Å². The molecule has 11 heavy (non-hydrogen) atoms. The van der Waals surface area contributed by atoms with Gasteiger partial charge < -0.3 is 5.10 Å². The minimum atomic E-state index is -0.412. The second-order valence-electron chi connectivity index (χ2n) is 2.24. The van der Waals surface area contributed by atoms with Crippen molar-refractivity contribution in [3.8, 4) is 0 Å². The van der Waals surface area contributed by atoms with Crippen molar-refractivity contribution < 1.29 is 4.39 Å². The summed E-state index contributed by atoms with van der Waals surface area (Å²) in [5.41, 5.74) is 0.137. The molecule has 0 atom stereocenters. The molecule has 0 bridgehead atoms. The van der Waals surface area contributed by atoms with Crippen LogP contribution in [0.5, 0.6) is 0 Å². The summed E-state index contributed by atoms with van der Waals surface area (Å²) in [6, 6.07) is 2.55. The number of hydrogen-bond donors (Lipinski definition) is 1. The molecular formula is C7H5FN2O. The van der Waals surface area contributed by atoms with Crippen LogP contribution in [-0.2, 0) is 0 Å². The van der Waals surface area contributed by atoms with Gasteiger partial charge in [0.2, 0.25) is 5.43 Å². The Hall–Kier alpha value is -1.58. The van der Waals surface area contributed by atoms with E-state index in [2.05, 4.69) is 5.10 Å². The normalized spacial score (nSPS) is 10.6. The van der Waals surface area contributed by atoms with E-state index in [-0.39, 0.29) is 5.43 Å². The Kier molecular flexibility index (Phi) is 1.09. The molecule has 0 fully saturated rings. The zero-order valence-corrected chi connectivity index (χ0v) is 5.54. The lowest BCUT2D eigenvalue weighted by atomic mass is 10.4. The average molecular weight is 152 g/mol. The highest BCUT2D eigenvalue weighted by atomic mass is 19.1. The molecule has 4 heteroatoms. The monoisotopic (exact) mass is 152 g/mol. The Morgan fingerprint density at radius 2 is 2.36 bits per heavy atom. The first-order valence-electron chi connectivity index (χ1n) is 3.13. The highest BCUT2D eigenvalue weighted by Crippen LogP contribution is 2.00. The number of fused-ring (bicyclic) bond motifs is 1. The molecule has 0 saturated heterocycles. The first-order chi connectivity index (χ1) is 5.27. The van der Waals surface area contributed by atoms with Gasteiger partial charge in [0.1, 0.15) is 11.3 Å². The maximum absolute atomic E-state index is 12.5. The van der Waals surface area contributed by atoms with Gasteiger partial charge in [-0.2, -0.15) is 0 Å². The summed E-state index contributed by atoms with van der Waals surface area (Å²) in [5.74, 6) is -0.412. The lowest BCUT2D eigenvalue weighted by Gasteiger charge is -1.89. The molecule has 0 aliphatic rings. The first-order valence-corrected chi connectivity index (χ1v) is 3.13. The lowest BCUT2D eigenvalue weighted by molar-refractivity contribution is 0.625. The summed E-state index contributed by atoms with van der Waals surface area (Å²) >= 11 is 0. The maximum Gasteiger partial charge on any atom is 0.205 e. The van der Waals surface area contributed by atoms with Crippen LogP contribution in [0.2, 0.25) is 0 Å². The number of nitrogens with one attached hydrogen (secondary N) is 1. The van der Waals surface area contributed by atoms with E-state index in [9.17, 15) is 9.18 Å². The van der Waals surface area contributed by atoms with Crippen molar-refractivity contribution in [2.24, 2.45) is 0 Å². The van der Waals surface area contributed by atoms with Crippen LogP contribution in [0.3, 0.4) is 0 Å². The number of hydrogen-bond acceptors (Lipinski definition) is 1. The summed E-state index contributed by atoms with van der Waals surface area (Å²) in [4.78, 5) is 11.0. The van der Waals surface area contributed by atoms with Crippen LogP contribution in [0.1, 0.15) is 0 Å². The van der Waals surface area contributed by atoms with Gasteiger partial charge >= 0.3 is 0 Å². The summed E-state index contributed by atoms with van der Waals surface area (Å²) in [6.45, 7) is 0. The van der Waals surface area contributed by atoms with Gasteiger partial charge in [-0.15, -0.1) is 0 Å². The SMILES string of the molecule is O=c1cc[nH]n2cc(F)cc12. The highest BCUT2D eigenvalue weighted by Gasteiger charge is 1.99. The molecular weight excluding hydrogens is 147 g/mol. The van der Waals surface area contributed by atoms with Crippen LogP contribution in [0.4, 0.5) is 4.39 Å². The number of aromatic amines is 1. The van der Waals surface area contributed by atoms with Gasteiger partial charge in [-0.25, -0.2) is 4.39 Å². The van der Waals surface area contributed by atoms with Crippen LogP contribution < -0.4 is 5.43 Å². The standard InChI is InChI=1S/C7H5FN2O/c8-5-3-6-7(11)1-2-9-10(6)4-5/h1-4,9H. The summed E-state index contributed by atoms with van der Waals surface area (Å²) in [5, 5.41) is 2.69. The van der Waals surface area contributed by atoms with Crippen LogP contribution in [0.15, 0.2) is 29.3 Å². The summed E-state index contributed by atoms with van der Waals surface area (Å²) in [6.07, 6.45) is 2.69. The molecule has 2 heterocycles. The molecule has 0 aliphatic carbocycles. The number of aromatic nitrogens is 2. The third-order valence-electron chi connectivity index (χ3n) is 1.49. The minimum absolute atomic E-state index is 0.187. The average Bonchev–Trinajstić information content (AvgIpc) is 2.31. The van der Waals surface area contributed by atoms with E-state index in [1.165, 1.54) is 29.0 Å². The Labute approximate surface area is 61.1 Å². The first kappa shape index (κ1) is 6.15. The van der Waals surface area contributed by atoms with Gasteiger partial charge in [0.05, 0.1) is 6.20 Å². The van der Waals surface area contributed by atoms with E-state index in [0.717, 1.165) is 0 Å². The van der Waals surface area contributed by atoms with Crippen LogP contribution in [-0.4, -0.2) is 9.61 Å². The van der Waals surface area contributed by atoms with E-state index in [4.69, 9.17) is 0 Å².